The third-order valence-electron chi connectivity index (χ3n) is 1.95. The van der Waals surface area contributed by atoms with Gasteiger partial charge in [0.1, 0.15) is 0 Å². The van der Waals surface area contributed by atoms with E-state index >= 15 is 0 Å². The fourth-order valence-corrected chi connectivity index (χ4v) is 1.26. The molecule has 1 amide bonds. The largest absolute Gasteiger partial charge is 0.349 e. The summed E-state index contributed by atoms with van der Waals surface area (Å²) in [5.41, 5.74) is 1.19. The molecule has 0 aromatic carbocycles. The second kappa shape index (κ2) is 3.07. The summed E-state index contributed by atoms with van der Waals surface area (Å²) in [7, 11) is 0. The van der Waals surface area contributed by atoms with Crippen LogP contribution in [0.15, 0.2) is 11.6 Å². The molecule has 0 saturated heterocycles. The molecule has 2 nitrogen and oxygen atoms in total. The maximum atomic E-state index is 11.0. The first-order chi connectivity index (χ1) is 5.09. The van der Waals surface area contributed by atoms with E-state index in [-0.39, 0.29) is 11.9 Å². The summed E-state index contributed by atoms with van der Waals surface area (Å²) >= 11 is 0. The monoisotopic (exact) mass is 153 g/mol. The summed E-state index contributed by atoms with van der Waals surface area (Å²) in [6.07, 6.45) is 2.72. The van der Waals surface area contributed by atoms with Crippen molar-refractivity contribution in [1.29, 1.82) is 0 Å². The molecular weight excluding hydrogens is 138 g/mol. The van der Waals surface area contributed by atoms with Crippen molar-refractivity contribution >= 4 is 5.91 Å². The molecule has 0 fully saturated rings. The molecule has 0 saturated carbocycles. The van der Waals surface area contributed by atoms with Crippen molar-refractivity contribution < 1.29 is 4.79 Å². The fourth-order valence-electron chi connectivity index (χ4n) is 1.26. The Kier molecular flexibility index (Phi) is 2.32. The van der Waals surface area contributed by atoms with Crippen LogP contribution in [0.4, 0.5) is 0 Å². The minimum absolute atomic E-state index is 0.156. The summed E-state index contributed by atoms with van der Waals surface area (Å²) in [5.74, 6) is 0.651. The van der Waals surface area contributed by atoms with Gasteiger partial charge in [0.25, 0.3) is 0 Å². The molecule has 0 bridgehead atoms. The Hall–Kier alpha value is -0.790. The fraction of sp³-hybridized carbons (Fsp3) is 0.667. The molecule has 0 aromatic rings. The molecule has 1 unspecified atom stereocenters. The number of carbonyl (C=O) groups is 1. The van der Waals surface area contributed by atoms with Crippen LogP contribution in [0.1, 0.15) is 27.2 Å². The van der Waals surface area contributed by atoms with Crippen LogP contribution in [-0.2, 0) is 4.79 Å². The lowest BCUT2D eigenvalue weighted by atomic mass is 9.97. The smallest absolute Gasteiger partial charge is 0.224 e. The highest BCUT2D eigenvalue weighted by molar-refractivity contribution is 5.80. The van der Waals surface area contributed by atoms with Crippen LogP contribution in [0.3, 0.4) is 0 Å². The lowest BCUT2D eigenvalue weighted by molar-refractivity contribution is -0.121. The van der Waals surface area contributed by atoms with Gasteiger partial charge in [-0.3, -0.25) is 4.79 Å². The standard InChI is InChI=1S/C9H15NO/c1-6(2)8-4-7(3)5-9(11)10-8/h4,6,8H,5H2,1-3H3,(H,10,11). The van der Waals surface area contributed by atoms with E-state index in [1.54, 1.807) is 0 Å². The molecular formula is C9H15NO. The van der Waals surface area contributed by atoms with Gasteiger partial charge in [-0.15, -0.1) is 0 Å². The van der Waals surface area contributed by atoms with Crippen molar-refractivity contribution in [3.05, 3.63) is 11.6 Å². The van der Waals surface area contributed by atoms with Gasteiger partial charge in [0.2, 0.25) is 5.91 Å². The Morgan fingerprint density at radius 1 is 1.64 bits per heavy atom. The van der Waals surface area contributed by atoms with Crippen LogP contribution in [0.5, 0.6) is 0 Å². The molecule has 1 aliphatic heterocycles. The van der Waals surface area contributed by atoms with Crippen LogP contribution >= 0.6 is 0 Å². The zero-order valence-corrected chi connectivity index (χ0v) is 7.35. The van der Waals surface area contributed by atoms with Crippen LogP contribution < -0.4 is 5.32 Å². The van der Waals surface area contributed by atoms with Crippen molar-refractivity contribution in [1.82, 2.24) is 5.32 Å². The lowest BCUT2D eigenvalue weighted by Crippen LogP contribution is -2.40. The Morgan fingerprint density at radius 3 is 2.73 bits per heavy atom. The summed E-state index contributed by atoms with van der Waals surface area (Å²) in [6.45, 7) is 6.23. The molecule has 2 heteroatoms. The Bertz CT molecular complexity index is 194. The highest BCUT2D eigenvalue weighted by Gasteiger charge is 2.18. The third kappa shape index (κ3) is 2.07. The lowest BCUT2D eigenvalue weighted by Gasteiger charge is -2.23. The average molecular weight is 153 g/mol. The van der Waals surface area contributed by atoms with Crippen molar-refractivity contribution in [2.45, 2.75) is 33.2 Å². The molecule has 0 aliphatic carbocycles. The number of carbonyl (C=O) groups excluding carboxylic acids is 1. The second-order valence-corrected chi connectivity index (χ2v) is 3.53. The van der Waals surface area contributed by atoms with E-state index < -0.39 is 0 Å². The normalized spacial score (nSPS) is 24.9. The highest BCUT2D eigenvalue weighted by atomic mass is 16.1. The number of hydrogen-bond donors (Lipinski definition) is 1. The van der Waals surface area contributed by atoms with Gasteiger partial charge in [0.05, 0.1) is 0 Å². The van der Waals surface area contributed by atoms with Crippen LogP contribution in [0, 0.1) is 5.92 Å². The van der Waals surface area contributed by atoms with Gasteiger partial charge in [-0.05, 0) is 12.8 Å². The maximum Gasteiger partial charge on any atom is 0.224 e. The zero-order valence-electron chi connectivity index (χ0n) is 7.35. The second-order valence-electron chi connectivity index (χ2n) is 3.53. The van der Waals surface area contributed by atoms with E-state index in [0.29, 0.717) is 12.3 Å². The zero-order chi connectivity index (χ0) is 8.43. The third-order valence-corrected chi connectivity index (χ3v) is 1.95. The molecule has 1 rings (SSSR count). The first kappa shape index (κ1) is 8.31. The molecule has 62 valence electrons. The van der Waals surface area contributed by atoms with E-state index in [4.69, 9.17) is 0 Å². The summed E-state index contributed by atoms with van der Waals surface area (Å²) in [6, 6.07) is 0.247. The minimum atomic E-state index is 0.156. The molecule has 11 heavy (non-hydrogen) atoms. The number of hydrogen-bond acceptors (Lipinski definition) is 1. The SMILES string of the molecule is CC1=CC(C(C)C)NC(=O)C1. The summed E-state index contributed by atoms with van der Waals surface area (Å²) in [5, 5.41) is 2.93. The van der Waals surface area contributed by atoms with Gasteiger partial charge in [-0.25, -0.2) is 0 Å². The first-order valence-electron chi connectivity index (χ1n) is 4.06. The molecule has 0 aromatic heterocycles. The van der Waals surface area contributed by atoms with E-state index in [1.807, 2.05) is 6.92 Å². The predicted molar refractivity (Wildman–Crippen MR) is 45.1 cm³/mol. The Balaban J connectivity index is 2.69. The van der Waals surface area contributed by atoms with Gasteiger partial charge >= 0.3 is 0 Å². The van der Waals surface area contributed by atoms with Gasteiger partial charge in [0, 0.05) is 12.5 Å². The first-order valence-corrected chi connectivity index (χ1v) is 4.06. The van der Waals surface area contributed by atoms with E-state index in [0.717, 1.165) is 0 Å². The van der Waals surface area contributed by atoms with E-state index in [1.165, 1.54) is 5.57 Å². The Labute approximate surface area is 67.7 Å². The quantitative estimate of drug-likeness (QED) is 0.568. The van der Waals surface area contributed by atoms with Crippen LogP contribution in [0.25, 0.3) is 0 Å². The maximum absolute atomic E-state index is 11.0. The average Bonchev–Trinajstić information content (AvgIpc) is 1.85. The van der Waals surface area contributed by atoms with Gasteiger partial charge < -0.3 is 5.32 Å². The topological polar surface area (TPSA) is 29.1 Å². The van der Waals surface area contributed by atoms with Crippen molar-refractivity contribution in [2.24, 2.45) is 5.92 Å². The summed E-state index contributed by atoms with van der Waals surface area (Å²) in [4.78, 5) is 11.0. The van der Waals surface area contributed by atoms with Crippen LogP contribution in [0.2, 0.25) is 0 Å². The van der Waals surface area contributed by atoms with Gasteiger partial charge in [0.15, 0.2) is 0 Å². The Morgan fingerprint density at radius 2 is 2.27 bits per heavy atom. The van der Waals surface area contributed by atoms with Crippen LogP contribution in [-0.4, -0.2) is 11.9 Å². The molecule has 1 heterocycles. The van der Waals surface area contributed by atoms with E-state index in [2.05, 4.69) is 25.2 Å². The minimum Gasteiger partial charge on any atom is -0.349 e. The molecule has 1 N–H and O–H groups in total. The molecule has 0 radical (unpaired) electrons. The summed E-state index contributed by atoms with van der Waals surface area (Å²) < 4.78 is 0. The van der Waals surface area contributed by atoms with Gasteiger partial charge in [-0.1, -0.05) is 25.5 Å². The molecule has 1 aliphatic rings. The molecule has 1 atom stereocenters. The number of rotatable bonds is 1. The predicted octanol–water partition coefficient (Wildman–Crippen LogP) is 1.48. The highest BCUT2D eigenvalue weighted by Crippen LogP contribution is 2.13. The van der Waals surface area contributed by atoms with Gasteiger partial charge in [-0.2, -0.15) is 0 Å². The van der Waals surface area contributed by atoms with E-state index in [9.17, 15) is 4.79 Å². The van der Waals surface area contributed by atoms with Crippen molar-refractivity contribution in [3.63, 3.8) is 0 Å². The van der Waals surface area contributed by atoms with Crippen molar-refractivity contribution in [3.8, 4) is 0 Å². The molecule has 0 spiro atoms. The van der Waals surface area contributed by atoms with Crippen molar-refractivity contribution in [2.75, 3.05) is 0 Å². The number of nitrogens with one attached hydrogen (secondary N) is 1. The number of amides is 1.